The number of carbonyl (C=O) groups excluding carboxylic acids is 2. The van der Waals surface area contributed by atoms with Gasteiger partial charge in [0.2, 0.25) is 5.91 Å². The number of likely N-dealkylation sites (N-methyl/N-ethyl adjacent to an activating group) is 1. The molecule has 7 nitrogen and oxygen atoms in total. The van der Waals surface area contributed by atoms with E-state index < -0.39 is 6.04 Å². The van der Waals surface area contributed by atoms with Gasteiger partial charge in [0.25, 0.3) is 5.91 Å². The average Bonchev–Trinajstić information content (AvgIpc) is 2.86. The topological polar surface area (TPSA) is 67.9 Å². The van der Waals surface area contributed by atoms with Gasteiger partial charge in [0, 0.05) is 44.8 Å². The lowest BCUT2D eigenvalue weighted by atomic mass is 10.0. The van der Waals surface area contributed by atoms with Gasteiger partial charge in [0.1, 0.15) is 6.04 Å². The van der Waals surface area contributed by atoms with Crippen LogP contribution in [0.2, 0.25) is 0 Å². The van der Waals surface area contributed by atoms with Crippen molar-refractivity contribution in [2.75, 3.05) is 50.7 Å². The van der Waals surface area contributed by atoms with Crippen molar-refractivity contribution in [1.82, 2.24) is 20.7 Å². The second-order valence-corrected chi connectivity index (χ2v) is 7.99. The predicted octanol–water partition coefficient (Wildman–Crippen LogP) is 2.43. The molecule has 1 aliphatic heterocycles. The number of nitrogens with one attached hydrogen (secondary N) is 2. The van der Waals surface area contributed by atoms with Crippen molar-refractivity contribution in [2.45, 2.75) is 26.3 Å². The number of rotatable bonds is 9. The highest BCUT2D eigenvalue weighted by atomic mass is 16.2. The number of carbonyl (C=O) groups is 2. The van der Waals surface area contributed by atoms with Crippen LogP contribution < -0.4 is 15.8 Å². The number of hydrogen-bond acceptors (Lipinski definition) is 5. The first-order chi connectivity index (χ1) is 15.6. The lowest BCUT2D eigenvalue weighted by molar-refractivity contribution is -0.132. The fourth-order valence-corrected chi connectivity index (χ4v) is 4.14. The summed E-state index contributed by atoms with van der Waals surface area (Å²) >= 11 is 0. The summed E-state index contributed by atoms with van der Waals surface area (Å²) in [4.78, 5) is 32.0. The summed E-state index contributed by atoms with van der Waals surface area (Å²) in [7, 11) is 0. The fourth-order valence-electron chi connectivity index (χ4n) is 4.14. The maximum absolute atomic E-state index is 12.9. The molecule has 172 valence electrons. The Labute approximate surface area is 191 Å². The van der Waals surface area contributed by atoms with Gasteiger partial charge in [-0.1, -0.05) is 62.4 Å². The second-order valence-electron chi connectivity index (χ2n) is 7.99. The van der Waals surface area contributed by atoms with E-state index in [1.54, 1.807) is 0 Å². The van der Waals surface area contributed by atoms with Gasteiger partial charge < -0.3 is 4.90 Å². The van der Waals surface area contributed by atoms with E-state index in [9.17, 15) is 9.59 Å². The quantitative estimate of drug-likeness (QED) is 0.590. The van der Waals surface area contributed by atoms with E-state index in [1.165, 1.54) is 5.69 Å². The summed E-state index contributed by atoms with van der Waals surface area (Å²) < 4.78 is 0. The number of benzene rings is 2. The molecule has 2 amide bonds. The van der Waals surface area contributed by atoms with Crippen molar-refractivity contribution < 1.29 is 9.59 Å². The van der Waals surface area contributed by atoms with Crippen LogP contribution in [0.4, 0.5) is 5.69 Å². The third-order valence-electron chi connectivity index (χ3n) is 6.02. The summed E-state index contributed by atoms with van der Waals surface area (Å²) in [6.45, 7) is 9.97. The summed E-state index contributed by atoms with van der Waals surface area (Å²) in [6.07, 6.45) is 0.354. The third-order valence-corrected chi connectivity index (χ3v) is 6.02. The fraction of sp³-hybridized carbons (Fsp3) is 0.440. The molecule has 0 bridgehead atoms. The van der Waals surface area contributed by atoms with Crippen LogP contribution in [0.5, 0.6) is 0 Å². The first-order valence-electron chi connectivity index (χ1n) is 11.5. The van der Waals surface area contributed by atoms with E-state index in [1.807, 2.05) is 50.2 Å². The molecule has 0 saturated carbocycles. The Morgan fingerprint density at radius 3 is 2.06 bits per heavy atom. The van der Waals surface area contributed by atoms with E-state index >= 15 is 0 Å². The van der Waals surface area contributed by atoms with Gasteiger partial charge in [-0.15, -0.1) is 0 Å². The molecule has 1 atom stereocenters. The number of para-hydroxylation sites is 1. The van der Waals surface area contributed by atoms with Crippen LogP contribution in [0.1, 0.15) is 31.9 Å². The third kappa shape index (κ3) is 6.55. The Morgan fingerprint density at radius 2 is 1.47 bits per heavy atom. The summed E-state index contributed by atoms with van der Waals surface area (Å²) in [5.41, 5.74) is 7.41. The SMILES string of the molecule is CCN(CC)C(C(=O)NNC(=O)CCN1CCN(c2ccccc2)CC1)c1ccccc1. The van der Waals surface area contributed by atoms with Crippen LogP contribution in [-0.4, -0.2) is 67.4 Å². The molecular formula is C25H35N5O2. The molecular weight excluding hydrogens is 402 g/mol. The van der Waals surface area contributed by atoms with Crippen LogP contribution in [-0.2, 0) is 9.59 Å². The van der Waals surface area contributed by atoms with E-state index in [0.29, 0.717) is 13.0 Å². The summed E-state index contributed by atoms with van der Waals surface area (Å²) in [5.74, 6) is -0.389. The van der Waals surface area contributed by atoms with Crippen LogP contribution in [0, 0.1) is 0 Å². The minimum atomic E-state index is -0.433. The Morgan fingerprint density at radius 1 is 0.875 bits per heavy atom. The van der Waals surface area contributed by atoms with Crippen molar-refractivity contribution in [1.29, 1.82) is 0 Å². The highest BCUT2D eigenvalue weighted by molar-refractivity contribution is 5.86. The number of amides is 2. The zero-order chi connectivity index (χ0) is 22.8. The molecule has 2 aromatic carbocycles. The molecule has 0 aromatic heterocycles. The summed E-state index contributed by atoms with van der Waals surface area (Å²) in [5, 5.41) is 0. The minimum absolute atomic E-state index is 0.171. The largest absolute Gasteiger partial charge is 0.369 e. The number of piperazine rings is 1. The molecule has 3 rings (SSSR count). The first kappa shape index (κ1) is 23.8. The normalized spacial score (nSPS) is 15.4. The van der Waals surface area contributed by atoms with Crippen molar-refractivity contribution in [2.24, 2.45) is 0 Å². The average molecular weight is 438 g/mol. The smallest absolute Gasteiger partial charge is 0.260 e. The van der Waals surface area contributed by atoms with E-state index in [2.05, 4.69) is 49.8 Å². The van der Waals surface area contributed by atoms with Crippen LogP contribution >= 0.6 is 0 Å². The second kappa shape index (κ2) is 12.2. The van der Waals surface area contributed by atoms with E-state index in [0.717, 1.165) is 44.8 Å². The van der Waals surface area contributed by atoms with Crippen molar-refractivity contribution >= 4 is 17.5 Å². The Kier molecular flexibility index (Phi) is 9.07. The molecule has 0 radical (unpaired) electrons. The number of hydrazine groups is 1. The molecule has 1 heterocycles. The zero-order valence-electron chi connectivity index (χ0n) is 19.2. The number of anilines is 1. The van der Waals surface area contributed by atoms with E-state index in [-0.39, 0.29) is 11.8 Å². The first-order valence-corrected chi connectivity index (χ1v) is 11.5. The number of nitrogens with zero attached hydrogens (tertiary/aromatic N) is 3. The lowest BCUT2D eigenvalue weighted by Gasteiger charge is -2.36. The predicted molar refractivity (Wildman–Crippen MR) is 128 cm³/mol. The lowest BCUT2D eigenvalue weighted by Crippen LogP contribution is -2.50. The molecule has 1 saturated heterocycles. The maximum Gasteiger partial charge on any atom is 0.260 e. The molecule has 1 aliphatic rings. The van der Waals surface area contributed by atoms with Gasteiger partial charge in [-0.2, -0.15) is 0 Å². The number of hydrogen-bond donors (Lipinski definition) is 2. The van der Waals surface area contributed by atoms with Crippen LogP contribution in [0.25, 0.3) is 0 Å². The standard InChI is InChI=1S/C25H35N5O2/c1-3-29(4-2)24(21-11-7-5-8-12-21)25(32)27-26-23(31)15-16-28-17-19-30(20-18-28)22-13-9-6-10-14-22/h5-14,24H,3-4,15-20H2,1-2H3,(H,26,31)(H,27,32). The molecule has 1 unspecified atom stereocenters. The highest BCUT2D eigenvalue weighted by Gasteiger charge is 2.26. The molecule has 32 heavy (non-hydrogen) atoms. The Bertz CT molecular complexity index is 834. The molecule has 2 aromatic rings. The van der Waals surface area contributed by atoms with Gasteiger partial charge in [-0.3, -0.25) is 30.2 Å². The molecule has 0 aliphatic carbocycles. The molecule has 7 heteroatoms. The van der Waals surface area contributed by atoms with Gasteiger partial charge in [-0.05, 0) is 30.8 Å². The van der Waals surface area contributed by atoms with Crippen molar-refractivity contribution in [3.05, 3.63) is 66.2 Å². The van der Waals surface area contributed by atoms with Gasteiger partial charge in [0.15, 0.2) is 0 Å². The minimum Gasteiger partial charge on any atom is -0.369 e. The van der Waals surface area contributed by atoms with Crippen molar-refractivity contribution in [3.63, 3.8) is 0 Å². The van der Waals surface area contributed by atoms with E-state index in [4.69, 9.17) is 0 Å². The molecule has 0 spiro atoms. The maximum atomic E-state index is 12.9. The van der Waals surface area contributed by atoms with Gasteiger partial charge in [-0.25, -0.2) is 0 Å². The monoisotopic (exact) mass is 437 g/mol. The van der Waals surface area contributed by atoms with Gasteiger partial charge in [0.05, 0.1) is 0 Å². The Balaban J connectivity index is 1.43. The zero-order valence-corrected chi connectivity index (χ0v) is 19.2. The van der Waals surface area contributed by atoms with Gasteiger partial charge >= 0.3 is 0 Å². The Hall–Kier alpha value is -2.90. The molecule has 2 N–H and O–H groups in total. The summed E-state index contributed by atoms with van der Waals surface area (Å²) in [6, 6.07) is 19.6. The molecule has 1 fully saturated rings. The van der Waals surface area contributed by atoms with Crippen molar-refractivity contribution in [3.8, 4) is 0 Å². The highest BCUT2D eigenvalue weighted by Crippen LogP contribution is 2.20. The van der Waals surface area contributed by atoms with Crippen LogP contribution in [0.3, 0.4) is 0 Å². The van der Waals surface area contributed by atoms with Crippen LogP contribution in [0.15, 0.2) is 60.7 Å².